The number of likely N-dealkylation sites (tertiary alicyclic amines) is 1. The van der Waals surface area contributed by atoms with Crippen molar-refractivity contribution in [1.29, 1.82) is 0 Å². The van der Waals surface area contributed by atoms with E-state index in [0.29, 0.717) is 39.2 Å². The maximum atomic E-state index is 15.4. The summed E-state index contributed by atoms with van der Waals surface area (Å²) >= 11 is 12.6. The molecule has 2 saturated heterocycles. The maximum Gasteiger partial charge on any atom is 0.417 e. The summed E-state index contributed by atoms with van der Waals surface area (Å²) in [6.07, 6.45) is -2.27. The molecule has 58 heavy (non-hydrogen) atoms. The van der Waals surface area contributed by atoms with Crippen molar-refractivity contribution in [3.8, 4) is 11.5 Å². The molecule has 0 radical (unpaired) electrons. The van der Waals surface area contributed by atoms with Gasteiger partial charge in [-0.05, 0) is 74.9 Å². The van der Waals surface area contributed by atoms with Gasteiger partial charge in [0.05, 0.1) is 33.8 Å². The highest BCUT2D eigenvalue weighted by Gasteiger charge is 2.71. The molecule has 3 aromatic carbocycles. The zero-order valence-corrected chi connectivity index (χ0v) is 32.9. The minimum atomic E-state index is -4.76. The number of fused-ring (bicyclic) bond motifs is 4. The second-order valence-electron chi connectivity index (χ2n) is 16.1. The van der Waals surface area contributed by atoms with Crippen LogP contribution < -0.4 is 10.2 Å². The predicted molar refractivity (Wildman–Crippen MR) is 207 cm³/mol. The summed E-state index contributed by atoms with van der Waals surface area (Å²) in [6, 6.07) is 21.1. The number of ether oxygens (including phenoxy) is 1. The Kier molecular flexibility index (Phi) is 9.62. The molecule has 4 aliphatic rings. The lowest BCUT2D eigenvalue weighted by molar-refractivity contribution is -0.146. The summed E-state index contributed by atoms with van der Waals surface area (Å²) in [4.78, 5) is 63.7. The maximum absolute atomic E-state index is 15.4. The number of carbonyl (C=O) groups excluding carboxylic acids is 4. The van der Waals surface area contributed by atoms with Crippen LogP contribution in [0.2, 0.25) is 10.0 Å². The number of rotatable bonds is 7. The number of nitrogens with one attached hydrogen (secondary N) is 1. The number of hydrogen-bond acceptors (Lipinski definition) is 8. The minimum absolute atomic E-state index is 0.0565. The monoisotopic (exact) mass is 832 g/mol. The summed E-state index contributed by atoms with van der Waals surface area (Å²) < 4.78 is 46.6. The third-order valence-electron chi connectivity index (χ3n) is 11.8. The highest BCUT2D eigenvalue weighted by Crippen LogP contribution is 2.65. The summed E-state index contributed by atoms with van der Waals surface area (Å²) in [6.45, 7) is 5.51. The van der Waals surface area contributed by atoms with Gasteiger partial charge in [0.1, 0.15) is 18.1 Å². The van der Waals surface area contributed by atoms with Crippen LogP contribution in [0.4, 0.5) is 19.0 Å². The highest BCUT2D eigenvalue weighted by atomic mass is 35.5. The number of amides is 4. The van der Waals surface area contributed by atoms with Gasteiger partial charge in [0.2, 0.25) is 11.8 Å². The molecular formula is C43H37Cl2F3N4O6. The number of phenolic OH excluding ortho intramolecular Hbond substituents is 1. The van der Waals surface area contributed by atoms with E-state index in [1.54, 1.807) is 57.2 Å². The van der Waals surface area contributed by atoms with Gasteiger partial charge in [-0.1, -0.05) is 83.4 Å². The van der Waals surface area contributed by atoms with Crippen LogP contribution in [0.3, 0.4) is 0 Å². The second-order valence-corrected chi connectivity index (χ2v) is 16.9. The molecule has 1 aromatic heterocycles. The van der Waals surface area contributed by atoms with Crippen molar-refractivity contribution >= 4 is 52.6 Å². The van der Waals surface area contributed by atoms with Gasteiger partial charge >= 0.3 is 6.18 Å². The van der Waals surface area contributed by atoms with E-state index in [1.165, 1.54) is 11.0 Å². The topological polar surface area (TPSA) is 129 Å². The number of imide groups is 2. The molecule has 1 saturated carbocycles. The number of anilines is 1. The molecule has 0 bridgehead atoms. The van der Waals surface area contributed by atoms with E-state index >= 15 is 4.79 Å². The lowest BCUT2D eigenvalue weighted by atomic mass is 9.49. The molecule has 8 rings (SSSR count). The number of phenols is 1. The number of nitrogens with zero attached hydrogens (tertiary/aromatic N) is 3. The Morgan fingerprint density at radius 1 is 0.914 bits per heavy atom. The number of aromatic hydroxyl groups is 1. The van der Waals surface area contributed by atoms with E-state index < -0.39 is 75.0 Å². The van der Waals surface area contributed by atoms with Crippen LogP contribution in [0, 0.1) is 23.7 Å². The van der Waals surface area contributed by atoms with Crippen LogP contribution in [0.5, 0.6) is 11.5 Å². The van der Waals surface area contributed by atoms with E-state index in [0.717, 1.165) is 5.56 Å². The van der Waals surface area contributed by atoms with Gasteiger partial charge in [-0.3, -0.25) is 29.5 Å². The average molecular weight is 834 g/mol. The standard InChI is InChI=1S/C43H37Cl2F3N4O6/c1-41(2,3)51-37(54)29-16-15-27-30(34(29)39(51)56)19-31-38(55)52(50-36-32(45)17-24(20-49-36)43(46,47)48)40(57)42(31,23-9-11-25(44)12-10-23)35(27)28-14-13-26(18-33(28)53)58-21-22-7-5-4-6-8-22/h4-15,17-18,20,29-31,34-35,53H,16,19,21H2,1-3H3,(H,49,50). The van der Waals surface area contributed by atoms with Crippen LogP contribution >= 0.6 is 23.2 Å². The van der Waals surface area contributed by atoms with Crippen molar-refractivity contribution in [2.24, 2.45) is 23.7 Å². The molecule has 3 heterocycles. The Bertz CT molecular complexity index is 2390. The SMILES string of the molecule is CC(C)(C)N1C(=O)C2CC=C3C(CC4C(=O)N(Nc5ncc(C(F)(F)F)cc5Cl)C(=O)C4(c4ccc(Cl)cc4)C3c3ccc(OCc4ccccc4)cc3O)C2C1=O. The van der Waals surface area contributed by atoms with Crippen molar-refractivity contribution in [3.63, 3.8) is 0 Å². The van der Waals surface area contributed by atoms with Gasteiger partial charge in [0.15, 0.2) is 5.82 Å². The van der Waals surface area contributed by atoms with E-state index in [2.05, 4.69) is 10.4 Å². The number of benzene rings is 3. The lowest BCUT2D eigenvalue weighted by Crippen LogP contribution is -2.53. The van der Waals surface area contributed by atoms with Crippen molar-refractivity contribution in [2.45, 2.75) is 63.3 Å². The Morgan fingerprint density at radius 3 is 2.26 bits per heavy atom. The first-order chi connectivity index (χ1) is 27.4. The van der Waals surface area contributed by atoms with E-state index in [1.807, 2.05) is 36.4 Å². The lowest BCUT2D eigenvalue weighted by Gasteiger charge is -2.50. The third kappa shape index (κ3) is 6.30. The Morgan fingerprint density at radius 2 is 1.62 bits per heavy atom. The predicted octanol–water partition coefficient (Wildman–Crippen LogP) is 8.48. The number of hydrogen-bond donors (Lipinski definition) is 2. The number of alkyl halides is 3. The number of carbonyl (C=O) groups is 4. The number of hydrazine groups is 1. The van der Waals surface area contributed by atoms with Gasteiger partial charge in [0.25, 0.3) is 11.8 Å². The zero-order chi connectivity index (χ0) is 41.5. The number of halogens is 5. The molecule has 0 spiro atoms. The minimum Gasteiger partial charge on any atom is -0.508 e. The Balaban J connectivity index is 1.30. The van der Waals surface area contributed by atoms with Gasteiger partial charge in [-0.2, -0.15) is 18.2 Å². The first-order valence-electron chi connectivity index (χ1n) is 18.6. The van der Waals surface area contributed by atoms with Crippen LogP contribution in [-0.2, 0) is 37.4 Å². The molecule has 4 amide bonds. The van der Waals surface area contributed by atoms with Crippen molar-refractivity contribution in [2.75, 3.05) is 5.43 Å². The van der Waals surface area contributed by atoms with E-state index in [-0.39, 0.29) is 42.5 Å². The number of pyridine rings is 1. The Hall–Kier alpha value is -5.40. The van der Waals surface area contributed by atoms with Crippen molar-refractivity contribution in [1.82, 2.24) is 14.9 Å². The molecule has 6 atom stereocenters. The molecule has 2 aliphatic carbocycles. The largest absolute Gasteiger partial charge is 0.508 e. The van der Waals surface area contributed by atoms with Gasteiger partial charge in [0, 0.05) is 34.3 Å². The van der Waals surface area contributed by atoms with Gasteiger partial charge in [-0.25, -0.2) is 4.98 Å². The summed E-state index contributed by atoms with van der Waals surface area (Å²) in [5.74, 6) is -7.25. The molecule has 2 N–H and O–H groups in total. The highest BCUT2D eigenvalue weighted by molar-refractivity contribution is 6.33. The quantitative estimate of drug-likeness (QED) is 0.140. The van der Waals surface area contributed by atoms with Crippen LogP contribution in [-0.4, -0.2) is 49.2 Å². The van der Waals surface area contributed by atoms with Crippen molar-refractivity contribution in [3.05, 3.63) is 129 Å². The molecule has 300 valence electrons. The first-order valence-corrected chi connectivity index (χ1v) is 19.4. The van der Waals surface area contributed by atoms with E-state index in [9.17, 15) is 32.7 Å². The number of allylic oxidation sites excluding steroid dienone is 2. The normalized spacial score (nSPS) is 25.7. The Labute approximate surface area is 341 Å². The van der Waals surface area contributed by atoms with Crippen LogP contribution in [0.15, 0.2) is 96.7 Å². The van der Waals surface area contributed by atoms with Gasteiger partial charge in [-0.15, -0.1) is 0 Å². The summed E-state index contributed by atoms with van der Waals surface area (Å²) in [7, 11) is 0. The number of aromatic nitrogens is 1. The second kappa shape index (κ2) is 14.2. The smallest absolute Gasteiger partial charge is 0.417 e. The molecule has 15 heteroatoms. The zero-order valence-electron chi connectivity index (χ0n) is 31.4. The van der Waals surface area contributed by atoms with Crippen LogP contribution in [0.25, 0.3) is 0 Å². The molecule has 4 aromatic rings. The molecule has 3 fully saturated rings. The van der Waals surface area contributed by atoms with Gasteiger partial charge < -0.3 is 9.84 Å². The molecule has 10 nitrogen and oxygen atoms in total. The third-order valence-corrected chi connectivity index (χ3v) is 12.3. The summed E-state index contributed by atoms with van der Waals surface area (Å²) in [5, 5.41) is 12.5. The fraction of sp³-hybridized carbons (Fsp3) is 0.326. The molecular weight excluding hydrogens is 796 g/mol. The van der Waals surface area contributed by atoms with E-state index in [4.69, 9.17) is 27.9 Å². The first kappa shape index (κ1) is 39.4. The molecule has 2 aliphatic heterocycles. The van der Waals surface area contributed by atoms with Crippen LogP contribution in [0.1, 0.15) is 61.8 Å². The fourth-order valence-corrected chi connectivity index (χ4v) is 9.72. The summed E-state index contributed by atoms with van der Waals surface area (Å²) in [5.41, 5.74) is 0.908. The fourth-order valence-electron chi connectivity index (χ4n) is 9.39. The van der Waals surface area contributed by atoms with Crippen molar-refractivity contribution < 1.29 is 42.2 Å². The molecule has 6 unspecified atom stereocenters. The average Bonchev–Trinajstić information content (AvgIpc) is 3.56.